The summed E-state index contributed by atoms with van der Waals surface area (Å²) in [6.07, 6.45) is 4.51. The summed E-state index contributed by atoms with van der Waals surface area (Å²) in [7, 11) is 0. The number of hydrogen-bond acceptors (Lipinski definition) is 7. The van der Waals surface area contributed by atoms with Gasteiger partial charge in [-0.15, -0.1) is 0 Å². The Bertz CT molecular complexity index is 1380. The third-order valence-corrected chi connectivity index (χ3v) is 5.63. The third-order valence-electron chi connectivity index (χ3n) is 5.63. The molecule has 188 valence electrons. The number of para-hydroxylation sites is 1. The third kappa shape index (κ3) is 6.24. The summed E-state index contributed by atoms with van der Waals surface area (Å²) < 4.78 is 13.2. The first-order valence-electron chi connectivity index (χ1n) is 12.0. The van der Waals surface area contributed by atoms with E-state index >= 15 is 0 Å². The van der Waals surface area contributed by atoms with Crippen LogP contribution in [0.4, 0.5) is 5.82 Å². The summed E-state index contributed by atoms with van der Waals surface area (Å²) in [5, 5.41) is 17.0. The van der Waals surface area contributed by atoms with E-state index < -0.39 is 0 Å². The molecule has 0 spiro atoms. The fourth-order valence-corrected chi connectivity index (χ4v) is 3.78. The van der Waals surface area contributed by atoms with Gasteiger partial charge in [-0.1, -0.05) is 18.2 Å². The highest BCUT2D eigenvalue weighted by molar-refractivity contribution is 5.94. The molecule has 0 aliphatic carbocycles. The van der Waals surface area contributed by atoms with Gasteiger partial charge in [0.15, 0.2) is 11.5 Å². The molecule has 9 nitrogen and oxygen atoms in total. The number of nitriles is 1. The molecule has 0 saturated heterocycles. The predicted octanol–water partition coefficient (Wildman–Crippen LogP) is 4.06. The van der Waals surface area contributed by atoms with Crippen LogP contribution in [-0.2, 0) is 13.0 Å². The van der Waals surface area contributed by atoms with E-state index in [2.05, 4.69) is 21.5 Å². The van der Waals surface area contributed by atoms with Crippen LogP contribution in [0.15, 0.2) is 73.1 Å². The van der Waals surface area contributed by atoms with E-state index in [0.717, 1.165) is 11.3 Å². The second-order valence-electron chi connectivity index (χ2n) is 8.16. The number of rotatable bonds is 11. The van der Waals surface area contributed by atoms with Crippen LogP contribution < -0.4 is 20.5 Å². The van der Waals surface area contributed by atoms with Gasteiger partial charge in [0.05, 0.1) is 18.0 Å². The summed E-state index contributed by atoms with van der Waals surface area (Å²) in [6.45, 7) is 3.09. The van der Waals surface area contributed by atoms with Gasteiger partial charge in [0.25, 0.3) is 5.91 Å². The molecule has 1 amide bonds. The highest BCUT2D eigenvalue weighted by Crippen LogP contribution is 2.29. The van der Waals surface area contributed by atoms with Gasteiger partial charge in [-0.25, -0.2) is 4.68 Å². The minimum Gasteiger partial charge on any atom is -0.490 e. The van der Waals surface area contributed by atoms with Gasteiger partial charge < -0.3 is 20.5 Å². The highest BCUT2D eigenvalue weighted by Gasteiger charge is 2.17. The van der Waals surface area contributed by atoms with Crippen LogP contribution in [0.5, 0.6) is 11.5 Å². The highest BCUT2D eigenvalue weighted by atomic mass is 16.5. The van der Waals surface area contributed by atoms with E-state index in [1.165, 1.54) is 0 Å². The number of amides is 1. The molecule has 4 rings (SSSR count). The lowest BCUT2D eigenvalue weighted by molar-refractivity contribution is 0.0952. The van der Waals surface area contributed by atoms with Crippen LogP contribution >= 0.6 is 0 Å². The number of carbonyl (C=O) groups is 1. The van der Waals surface area contributed by atoms with Crippen molar-refractivity contribution in [3.05, 3.63) is 95.4 Å². The summed E-state index contributed by atoms with van der Waals surface area (Å²) in [5.41, 5.74) is 9.36. The molecule has 2 aromatic heterocycles. The van der Waals surface area contributed by atoms with Crippen molar-refractivity contribution < 1.29 is 14.3 Å². The normalized spacial score (nSPS) is 10.5. The lowest BCUT2D eigenvalue weighted by Gasteiger charge is -2.13. The van der Waals surface area contributed by atoms with E-state index in [4.69, 9.17) is 15.2 Å². The zero-order chi connectivity index (χ0) is 26.0. The Kier molecular flexibility index (Phi) is 8.34. The van der Waals surface area contributed by atoms with E-state index in [0.29, 0.717) is 66.7 Å². The maximum absolute atomic E-state index is 12.8. The first-order chi connectivity index (χ1) is 18.1. The molecule has 9 heteroatoms. The number of pyridine rings is 1. The van der Waals surface area contributed by atoms with Gasteiger partial charge in [-0.05, 0) is 67.8 Å². The van der Waals surface area contributed by atoms with Crippen LogP contribution in [0.3, 0.4) is 0 Å². The molecule has 2 heterocycles. The van der Waals surface area contributed by atoms with Crippen molar-refractivity contribution in [3.63, 3.8) is 0 Å². The van der Waals surface area contributed by atoms with Crippen molar-refractivity contribution in [2.75, 3.05) is 18.9 Å². The standard InChI is InChI=1S/C28H28N6O3/c1-2-36-26-17-21(10-11-25(26)37-19-20-12-15-31-16-13-20)28(35)32-14-6-9-24-23(18-29)27(30)34(33-24)22-7-4-3-5-8-22/h3-5,7-8,10-13,15-17H,2,6,9,14,19,30H2,1H3,(H,32,35). The first kappa shape index (κ1) is 25.3. The second kappa shape index (κ2) is 12.2. The van der Waals surface area contributed by atoms with Crippen molar-refractivity contribution in [2.24, 2.45) is 0 Å². The first-order valence-corrected chi connectivity index (χ1v) is 12.0. The molecule has 0 atom stereocenters. The summed E-state index contributed by atoms with van der Waals surface area (Å²) in [5.74, 6) is 1.15. The minimum atomic E-state index is -0.225. The van der Waals surface area contributed by atoms with Gasteiger partial charge >= 0.3 is 0 Å². The monoisotopic (exact) mass is 496 g/mol. The number of nitrogens with two attached hydrogens (primary N) is 1. The molecular formula is C28H28N6O3. The Morgan fingerprint density at radius 2 is 1.86 bits per heavy atom. The van der Waals surface area contributed by atoms with Crippen molar-refractivity contribution in [2.45, 2.75) is 26.4 Å². The van der Waals surface area contributed by atoms with E-state index in [-0.39, 0.29) is 5.91 Å². The van der Waals surface area contributed by atoms with Crippen molar-refractivity contribution >= 4 is 11.7 Å². The quantitative estimate of drug-likeness (QED) is 0.300. The minimum absolute atomic E-state index is 0.225. The number of aryl methyl sites for hydroxylation is 1. The zero-order valence-corrected chi connectivity index (χ0v) is 20.6. The Labute approximate surface area is 215 Å². The lowest BCUT2D eigenvalue weighted by Crippen LogP contribution is -2.25. The Morgan fingerprint density at radius 3 is 2.59 bits per heavy atom. The van der Waals surface area contributed by atoms with Crippen LogP contribution in [0.25, 0.3) is 5.69 Å². The number of anilines is 1. The Hall–Kier alpha value is -4.84. The number of hydrogen-bond donors (Lipinski definition) is 2. The average Bonchev–Trinajstić information content (AvgIpc) is 3.26. The van der Waals surface area contributed by atoms with Crippen molar-refractivity contribution in [1.82, 2.24) is 20.1 Å². The second-order valence-corrected chi connectivity index (χ2v) is 8.16. The fourth-order valence-electron chi connectivity index (χ4n) is 3.78. The largest absolute Gasteiger partial charge is 0.490 e. The van der Waals surface area contributed by atoms with Gasteiger partial charge in [0.2, 0.25) is 0 Å². The zero-order valence-electron chi connectivity index (χ0n) is 20.6. The molecule has 0 saturated carbocycles. The number of nitrogens with one attached hydrogen (secondary N) is 1. The predicted molar refractivity (Wildman–Crippen MR) is 140 cm³/mol. The molecule has 2 aromatic carbocycles. The van der Waals surface area contributed by atoms with Gasteiger partial charge in [0, 0.05) is 24.5 Å². The molecule has 4 aromatic rings. The molecule has 0 unspecified atom stereocenters. The molecule has 0 bridgehead atoms. The summed E-state index contributed by atoms with van der Waals surface area (Å²) >= 11 is 0. The number of nitrogen functional groups attached to an aromatic ring is 1. The number of benzene rings is 2. The van der Waals surface area contributed by atoms with E-state index in [1.807, 2.05) is 49.4 Å². The summed E-state index contributed by atoms with van der Waals surface area (Å²) in [6, 6.07) is 20.4. The number of aromatic nitrogens is 3. The number of carbonyl (C=O) groups excluding carboxylic acids is 1. The summed E-state index contributed by atoms with van der Waals surface area (Å²) in [4.78, 5) is 16.8. The number of nitrogens with zero attached hydrogens (tertiary/aromatic N) is 4. The topological polar surface area (TPSA) is 128 Å². The molecule has 0 aliphatic rings. The van der Waals surface area contributed by atoms with Crippen molar-refractivity contribution in [3.8, 4) is 23.3 Å². The maximum Gasteiger partial charge on any atom is 0.251 e. The van der Waals surface area contributed by atoms with Crippen LogP contribution in [0.1, 0.15) is 40.5 Å². The lowest BCUT2D eigenvalue weighted by atomic mass is 10.1. The molecule has 0 aliphatic heterocycles. The maximum atomic E-state index is 12.8. The molecular weight excluding hydrogens is 468 g/mol. The molecule has 37 heavy (non-hydrogen) atoms. The van der Waals surface area contributed by atoms with E-state index in [9.17, 15) is 10.1 Å². The molecule has 3 N–H and O–H groups in total. The van der Waals surface area contributed by atoms with Crippen LogP contribution in [-0.4, -0.2) is 33.8 Å². The van der Waals surface area contributed by atoms with Crippen LogP contribution in [0, 0.1) is 11.3 Å². The van der Waals surface area contributed by atoms with Gasteiger partial charge in [0.1, 0.15) is 24.1 Å². The Balaban J connectivity index is 1.35. The van der Waals surface area contributed by atoms with Gasteiger partial charge in [-0.2, -0.15) is 10.4 Å². The molecule has 0 fully saturated rings. The van der Waals surface area contributed by atoms with Crippen molar-refractivity contribution in [1.29, 1.82) is 5.26 Å². The Morgan fingerprint density at radius 1 is 1.08 bits per heavy atom. The fraction of sp³-hybridized carbons (Fsp3) is 0.214. The number of ether oxygens (including phenoxy) is 2. The van der Waals surface area contributed by atoms with E-state index in [1.54, 1.807) is 35.3 Å². The SMILES string of the molecule is CCOc1cc(C(=O)NCCCc2nn(-c3ccccc3)c(N)c2C#N)ccc1OCc1ccncc1. The average molecular weight is 497 g/mol. The van der Waals surface area contributed by atoms with Gasteiger partial charge in [-0.3, -0.25) is 9.78 Å². The smallest absolute Gasteiger partial charge is 0.251 e. The molecule has 0 radical (unpaired) electrons. The van der Waals surface area contributed by atoms with Crippen LogP contribution in [0.2, 0.25) is 0 Å².